The van der Waals surface area contributed by atoms with E-state index in [1.807, 2.05) is 0 Å². The number of rotatable bonds is 6. The third kappa shape index (κ3) is 3.71. The van der Waals surface area contributed by atoms with E-state index in [0.717, 1.165) is 6.42 Å². The molecule has 0 fully saturated rings. The minimum Gasteiger partial charge on any atom is -0.496 e. The van der Waals surface area contributed by atoms with E-state index in [9.17, 15) is 4.79 Å². The highest BCUT2D eigenvalue weighted by molar-refractivity contribution is 6.30. The molecule has 6 nitrogen and oxygen atoms in total. The van der Waals surface area contributed by atoms with Crippen molar-refractivity contribution >= 4 is 17.5 Å². The highest BCUT2D eigenvalue weighted by Gasteiger charge is 2.11. The van der Waals surface area contributed by atoms with Crippen molar-refractivity contribution in [1.82, 2.24) is 20.1 Å². The third-order valence-electron chi connectivity index (χ3n) is 2.72. The maximum absolute atomic E-state index is 12.0. The fourth-order valence-corrected chi connectivity index (χ4v) is 1.90. The summed E-state index contributed by atoms with van der Waals surface area (Å²) in [6.07, 6.45) is 3.90. The molecule has 0 saturated carbocycles. The molecule has 0 aliphatic carbocycles. The Labute approximate surface area is 121 Å². The van der Waals surface area contributed by atoms with Crippen LogP contribution in [0.2, 0.25) is 5.02 Å². The Kier molecular flexibility index (Phi) is 4.95. The highest BCUT2D eigenvalue weighted by atomic mass is 35.5. The zero-order valence-corrected chi connectivity index (χ0v) is 11.8. The third-order valence-corrected chi connectivity index (χ3v) is 2.96. The van der Waals surface area contributed by atoms with Gasteiger partial charge in [-0.05, 0) is 24.6 Å². The molecule has 1 amide bonds. The van der Waals surface area contributed by atoms with Gasteiger partial charge in [-0.15, -0.1) is 0 Å². The molecule has 0 saturated heterocycles. The van der Waals surface area contributed by atoms with Crippen LogP contribution in [0.25, 0.3) is 0 Å². The smallest absolute Gasteiger partial charge is 0.255 e. The maximum atomic E-state index is 12.0. The van der Waals surface area contributed by atoms with E-state index in [4.69, 9.17) is 16.3 Å². The molecular weight excluding hydrogens is 280 g/mol. The molecule has 1 heterocycles. The number of hydrogen-bond donors (Lipinski definition) is 1. The van der Waals surface area contributed by atoms with Crippen LogP contribution in [0.1, 0.15) is 16.8 Å². The molecule has 20 heavy (non-hydrogen) atoms. The van der Waals surface area contributed by atoms with Crippen LogP contribution in [-0.2, 0) is 6.54 Å². The SMILES string of the molecule is COc1cc(Cl)ccc1C(=O)NCCCn1cncn1. The monoisotopic (exact) mass is 294 g/mol. The lowest BCUT2D eigenvalue weighted by atomic mass is 10.2. The van der Waals surface area contributed by atoms with Crippen LogP contribution in [0, 0.1) is 0 Å². The number of amides is 1. The van der Waals surface area contributed by atoms with E-state index in [-0.39, 0.29) is 5.91 Å². The van der Waals surface area contributed by atoms with Crippen molar-refractivity contribution in [3.8, 4) is 5.75 Å². The second-order valence-corrected chi connectivity index (χ2v) is 4.55. The van der Waals surface area contributed by atoms with Crippen molar-refractivity contribution in [3.05, 3.63) is 41.4 Å². The molecule has 1 aromatic heterocycles. The van der Waals surface area contributed by atoms with E-state index in [1.54, 1.807) is 29.2 Å². The van der Waals surface area contributed by atoms with Gasteiger partial charge in [-0.3, -0.25) is 9.48 Å². The predicted octanol–water partition coefficient (Wildman–Crippen LogP) is 1.76. The number of carbonyl (C=O) groups is 1. The summed E-state index contributed by atoms with van der Waals surface area (Å²) in [5, 5.41) is 7.35. The number of nitrogens with zero attached hydrogens (tertiary/aromatic N) is 3. The summed E-state index contributed by atoms with van der Waals surface area (Å²) in [5.41, 5.74) is 0.470. The molecule has 0 radical (unpaired) electrons. The zero-order valence-electron chi connectivity index (χ0n) is 11.0. The number of methoxy groups -OCH3 is 1. The summed E-state index contributed by atoms with van der Waals surface area (Å²) in [6.45, 7) is 1.25. The first-order chi connectivity index (χ1) is 9.70. The molecule has 0 unspecified atom stereocenters. The number of ether oxygens (including phenoxy) is 1. The largest absolute Gasteiger partial charge is 0.496 e. The normalized spacial score (nSPS) is 10.3. The first kappa shape index (κ1) is 14.3. The standard InChI is InChI=1S/C13H15ClN4O2/c1-20-12-7-10(14)3-4-11(12)13(19)16-5-2-6-18-9-15-8-17-18/h3-4,7-9H,2,5-6H2,1H3,(H,16,19). The number of aromatic nitrogens is 3. The van der Waals surface area contributed by atoms with E-state index < -0.39 is 0 Å². The Bertz CT molecular complexity index is 572. The van der Waals surface area contributed by atoms with Crippen LogP contribution in [0.5, 0.6) is 5.75 Å². The van der Waals surface area contributed by atoms with Gasteiger partial charge in [0.2, 0.25) is 0 Å². The fourth-order valence-electron chi connectivity index (χ4n) is 1.74. The number of halogens is 1. The molecule has 2 aromatic rings. The summed E-state index contributed by atoms with van der Waals surface area (Å²) in [4.78, 5) is 15.9. The second kappa shape index (κ2) is 6.91. The minimum atomic E-state index is -0.183. The van der Waals surface area contributed by atoms with Gasteiger partial charge in [0, 0.05) is 18.1 Å². The van der Waals surface area contributed by atoms with Crippen molar-refractivity contribution in [2.45, 2.75) is 13.0 Å². The first-order valence-electron chi connectivity index (χ1n) is 6.15. The molecule has 7 heteroatoms. The molecule has 0 bridgehead atoms. The topological polar surface area (TPSA) is 69.0 Å². The summed E-state index contributed by atoms with van der Waals surface area (Å²) >= 11 is 5.86. The zero-order chi connectivity index (χ0) is 14.4. The van der Waals surface area contributed by atoms with Gasteiger partial charge >= 0.3 is 0 Å². The van der Waals surface area contributed by atoms with Gasteiger partial charge in [0.15, 0.2) is 0 Å². The summed E-state index contributed by atoms with van der Waals surface area (Å²) in [7, 11) is 1.51. The molecular formula is C13H15ClN4O2. The van der Waals surface area contributed by atoms with Gasteiger partial charge in [0.25, 0.3) is 5.91 Å². The van der Waals surface area contributed by atoms with Crippen molar-refractivity contribution in [2.24, 2.45) is 0 Å². The van der Waals surface area contributed by atoms with Crippen LogP contribution in [0.4, 0.5) is 0 Å². The Morgan fingerprint density at radius 3 is 3.05 bits per heavy atom. The molecule has 2 rings (SSSR count). The lowest BCUT2D eigenvalue weighted by molar-refractivity contribution is 0.0949. The van der Waals surface area contributed by atoms with E-state index in [0.29, 0.717) is 29.4 Å². The minimum absolute atomic E-state index is 0.183. The average molecular weight is 295 g/mol. The van der Waals surface area contributed by atoms with Crippen molar-refractivity contribution in [2.75, 3.05) is 13.7 Å². The predicted molar refractivity (Wildman–Crippen MR) is 75.0 cm³/mol. The molecule has 0 spiro atoms. The Morgan fingerprint density at radius 2 is 2.35 bits per heavy atom. The van der Waals surface area contributed by atoms with Crippen LogP contribution in [-0.4, -0.2) is 34.3 Å². The van der Waals surface area contributed by atoms with Crippen molar-refractivity contribution < 1.29 is 9.53 Å². The van der Waals surface area contributed by atoms with Crippen molar-refractivity contribution in [3.63, 3.8) is 0 Å². The van der Waals surface area contributed by atoms with Crippen LogP contribution in [0.3, 0.4) is 0 Å². The quantitative estimate of drug-likeness (QED) is 0.824. The Balaban J connectivity index is 1.85. The van der Waals surface area contributed by atoms with Gasteiger partial charge in [-0.1, -0.05) is 11.6 Å². The summed E-state index contributed by atoms with van der Waals surface area (Å²) in [5.74, 6) is 0.281. The number of hydrogen-bond acceptors (Lipinski definition) is 4. The van der Waals surface area contributed by atoms with Gasteiger partial charge in [0.1, 0.15) is 18.4 Å². The molecule has 1 aromatic carbocycles. The van der Waals surface area contributed by atoms with Crippen LogP contribution >= 0.6 is 11.6 Å². The average Bonchev–Trinajstić information content (AvgIpc) is 2.96. The second-order valence-electron chi connectivity index (χ2n) is 4.11. The van der Waals surface area contributed by atoms with E-state index >= 15 is 0 Å². The Morgan fingerprint density at radius 1 is 1.50 bits per heavy atom. The van der Waals surface area contributed by atoms with Crippen LogP contribution in [0.15, 0.2) is 30.9 Å². The molecule has 1 N–H and O–H groups in total. The number of nitrogens with one attached hydrogen (secondary N) is 1. The summed E-state index contributed by atoms with van der Waals surface area (Å²) < 4.78 is 6.86. The van der Waals surface area contributed by atoms with Gasteiger partial charge in [-0.2, -0.15) is 5.10 Å². The van der Waals surface area contributed by atoms with Gasteiger partial charge in [-0.25, -0.2) is 4.98 Å². The maximum Gasteiger partial charge on any atom is 0.255 e. The lowest BCUT2D eigenvalue weighted by Gasteiger charge is -2.09. The van der Waals surface area contributed by atoms with Crippen molar-refractivity contribution in [1.29, 1.82) is 0 Å². The lowest BCUT2D eigenvalue weighted by Crippen LogP contribution is -2.25. The number of benzene rings is 1. The summed E-state index contributed by atoms with van der Waals surface area (Å²) in [6, 6.07) is 4.92. The molecule has 0 aliphatic heterocycles. The molecule has 0 aliphatic rings. The molecule has 106 valence electrons. The molecule has 0 atom stereocenters. The fraction of sp³-hybridized carbons (Fsp3) is 0.308. The van der Waals surface area contributed by atoms with Gasteiger partial charge in [0.05, 0.1) is 12.7 Å². The van der Waals surface area contributed by atoms with E-state index in [2.05, 4.69) is 15.4 Å². The number of aryl methyl sites for hydroxylation is 1. The van der Waals surface area contributed by atoms with E-state index in [1.165, 1.54) is 13.4 Å². The first-order valence-corrected chi connectivity index (χ1v) is 6.52. The Hall–Kier alpha value is -2.08. The highest BCUT2D eigenvalue weighted by Crippen LogP contribution is 2.22. The van der Waals surface area contributed by atoms with Gasteiger partial charge < -0.3 is 10.1 Å². The number of carbonyl (C=O) groups excluding carboxylic acids is 1. The van der Waals surface area contributed by atoms with Crippen LogP contribution < -0.4 is 10.1 Å².